The first-order valence-corrected chi connectivity index (χ1v) is 5.55. The number of nitrogens with zero attached hydrogens (tertiary/aromatic N) is 2. The molecular weight excluding hydrogens is 234 g/mol. The standard InChI is InChI=1S/C9H8ClN3OS/c10-7-3-6(1-2-8(7)11)15-4-9-12-5-13-14-9/h1-3,5H,4,11H2. The molecule has 78 valence electrons. The molecule has 0 aliphatic heterocycles. The Morgan fingerprint density at radius 3 is 3.00 bits per heavy atom. The zero-order valence-corrected chi connectivity index (χ0v) is 9.26. The first kappa shape index (κ1) is 10.3. The summed E-state index contributed by atoms with van der Waals surface area (Å²) < 4.78 is 4.87. The largest absolute Gasteiger partial charge is 0.398 e. The number of nitrogen functional groups attached to an aromatic ring is 1. The fourth-order valence-electron chi connectivity index (χ4n) is 1.00. The molecule has 6 heteroatoms. The van der Waals surface area contributed by atoms with Gasteiger partial charge in [-0.25, -0.2) is 0 Å². The van der Waals surface area contributed by atoms with Gasteiger partial charge in [-0.05, 0) is 18.2 Å². The first-order valence-electron chi connectivity index (χ1n) is 4.19. The summed E-state index contributed by atoms with van der Waals surface area (Å²) in [5.41, 5.74) is 6.18. The van der Waals surface area contributed by atoms with Crippen LogP contribution in [0.3, 0.4) is 0 Å². The zero-order chi connectivity index (χ0) is 10.7. The molecule has 0 aliphatic rings. The van der Waals surface area contributed by atoms with Crippen molar-refractivity contribution in [3.05, 3.63) is 35.4 Å². The Morgan fingerprint density at radius 2 is 2.33 bits per heavy atom. The normalized spacial score (nSPS) is 10.5. The van der Waals surface area contributed by atoms with Crippen LogP contribution in [0.2, 0.25) is 5.02 Å². The van der Waals surface area contributed by atoms with E-state index in [2.05, 4.69) is 10.1 Å². The van der Waals surface area contributed by atoms with Crippen LogP contribution in [0.5, 0.6) is 0 Å². The summed E-state index contributed by atoms with van der Waals surface area (Å²) in [4.78, 5) is 4.94. The second kappa shape index (κ2) is 4.55. The molecule has 2 rings (SSSR count). The maximum atomic E-state index is 5.88. The van der Waals surface area contributed by atoms with Gasteiger partial charge in [-0.2, -0.15) is 4.98 Å². The molecule has 0 unspecified atom stereocenters. The number of hydrogen-bond donors (Lipinski definition) is 1. The number of halogens is 1. The molecule has 2 N–H and O–H groups in total. The number of hydrogen-bond acceptors (Lipinski definition) is 5. The second-order valence-electron chi connectivity index (χ2n) is 2.81. The van der Waals surface area contributed by atoms with E-state index in [4.69, 9.17) is 21.9 Å². The Morgan fingerprint density at radius 1 is 1.47 bits per heavy atom. The van der Waals surface area contributed by atoms with E-state index >= 15 is 0 Å². The molecule has 1 heterocycles. The van der Waals surface area contributed by atoms with Gasteiger partial charge in [0.1, 0.15) is 0 Å². The van der Waals surface area contributed by atoms with Gasteiger partial charge in [0, 0.05) is 4.90 Å². The van der Waals surface area contributed by atoms with Gasteiger partial charge in [0.05, 0.1) is 16.5 Å². The lowest BCUT2D eigenvalue weighted by Crippen LogP contribution is -1.86. The molecule has 0 amide bonds. The maximum Gasteiger partial charge on any atom is 0.236 e. The lowest BCUT2D eigenvalue weighted by molar-refractivity contribution is 0.390. The minimum absolute atomic E-state index is 0.561. The van der Waals surface area contributed by atoms with E-state index in [0.29, 0.717) is 22.4 Å². The Balaban J connectivity index is 2.02. The summed E-state index contributed by atoms with van der Waals surface area (Å²) >= 11 is 7.45. The number of thioether (sulfide) groups is 1. The summed E-state index contributed by atoms with van der Waals surface area (Å²) in [5.74, 6) is 1.22. The molecule has 1 aromatic carbocycles. The third-order valence-corrected chi connectivity index (χ3v) is 3.05. The van der Waals surface area contributed by atoms with Crippen LogP contribution in [0.1, 0.15) is 5.89 Å². The molecule has 4 nitrogen and oxygen atoms in total. The average molecular weight is 242 g/mol. The van der Waals surface area contributed by atoms with E-state index in [-0.39, 0.29) is 0 Å². The number of anilines is 1. The van der Waals surface area contributed by atoms with Crippen LogP contribution in [-0.2, 0) is 5.75 Å². The van der Waals surface area contributed by atoms with E-state index in [9.17, 15) is 0 Å². The fourth-order valence-corrected chi connectivity index (χ4v) is 2.03. The Labute approximate surface area is 95.8 Å². The van der Waals surface area contributed by atoms with Crippen LogP contribution >= 0.6 is 23.4 Å². The smallest absolute Gasteiger partial charge is 0.236 e. The topological polar surface area (TPSA) is 64.9 Å². The van der Waals surface area contributed by atoms with Gasteiger partial charge >= 0.3 is 0 Å². The van der Waals surface area contributed by atoms with Crippen molar-refractivity contribution < 1.29 is 4.52 Å². The molecule has 0 aliphatic carbocycles. The van der Waals surface area contributed by atoms with E-state index in [0.717, 1.165) is 4.90 Å². The minimum atomic E-state index is 0.561. The van der Waals surface area contributed by atoms with Gasteiger partial charge in [0.25, 0.3) is 0 Å². The Hall–Kier alpha value is -1.20. The minimum Gasteiger partial charge on any atom is -0.398 e. The Bertz CT molecular complexity index is 447. The van der Waals surface area contributed by atoms with Gasteiger partial charge in [-0.3, -0.25) is 0 Å². The van der Waals surface area contributed by atoms with Crippen molar-refractivity contribution in [2.45, 2.75) is 10.6 Å². The highest BCUT2D eigenvalue weighted by Gasteiger charge is 2.02. The van der Waals surface area contributed by atoms with Crippen molar-refractivity contribution >= 4 is 29.1 Å². The lowest BCUT2D eigenvalue weighted by Gasteiger charge is -2.01. The van der Waals surface area contributed by atoms with Gasteiger partial charge in [-0.1, -0.05) is 16.8 Å². The first-order chi connectivity index (χ1) is 7.25. The van der Waals surface area contributed by atoms with Crippen LogP contribution in [0, 0.1) is 0 Å². The van der Waals surface area contributed by atoms with Crippen LogP contribution < -0.4 is 5.73 Å². The van der Waals surface area contributed by atoms with Gasteiger partial charge in [-0.15, -0.1) is 11.8 Å². The van der Waals surface area contributed by atoms with Crippen molar-refractivity contribution in [1.82, 2.24) is 10.1 Å². The predicted octanol–water partition coefficient (Wildman–Crippen LogP) is 2.60. The molecule has 2 aromatic rings. The van der Waals surface area contributed by atoms with Gasteiger partial charge in [0.15, 0.2) is 6.33 Å². The van der Waals surface area contributed by atoms with Gasteiger partial charge < -0.3 is 10.3 Å². The summed E-state index contributed by atoms with van der Waals surface area (Å²) in [7, 11) is 0. The van der Waals surface area contributed by atoms with Crippen LogP contribution in [0.15, 0.2) is 33.9 Å². The highest BCUT2D eigenvalue weighted by atomic mass is 35.5. The molecule has 0 spiro atoms. The second-order valence-corrected chi connectivity index (χ2v) is 4.26. The Kier molecular flexibility index (Phi) is 3.13. The fraction of sp³-hybridized carbons (Fsp3) is 0.111. The summed E-state index contributed by atoms with van der Waals surface area (Å²) in [6.45, 7) is 0. The highest BCUT2D eigenvalue weighted by molar-refractivity contribution is 7.98. The monoisotopic (exact) mass is 241 g/mol. The molecule has 0 saturated heterocycles. The van der Waals surface area contributed by atoms with Crippen LogP contribution in [0.25, 0.3) is 0 Å². The predicted molar refractivity (Wildman–Crippen MR) is 59.7 cm³/mol. The van der Waals surface area contributed by atoms with Crippen LogP contribution in [-0.4, -0.2) is 10.1 Å². The maximum absolute atomic E-state index is 5.88. The quantitative estimate of drug-likeness (QED) is 0.661. The van der Waals surface area contributed by atoms with E-state index < -0.39 is 0 Å². The third-order valence-electron chi connectivity index (χ3n) is 1.74. The summed E-state index contributed by atoms with van der Waals surface area (Å²) in [5, 5.41) is 4.08. The molecular formula is C9H8ClN3OS. The van der Waals surface area contributed by atoms with Crippen molar-refractivity contribution in [3.8, 4) is 0 Å². The number of aromatic nitrogens is 2. The van der Waals surface area contributed by atoms with E-state index in [1.54, 1.807) is 17.8 Å². The van der Waals surface area contributed by atoms with Crippen molar-refractivity contribution in [3.63, 3.8) is 0 Å². The molecule has 0 bridgehead atoms. The molecule has 15 heavy (non-hydrogen) atoms. The lowest BCUT2D eigenvalue weighted by atomic mass is 10.3. The number of benzene rings is 1. The average Bonchev–Trinajstić information content (AvgIpc) is 2.73. The van der Waals surface area contributed by atoms with Crippen LogP contribution in [0.4, 0.5) is 5.69 Å². The van der Waals surface area contributed by atoms with Crippen molar-refractivity contribution in [2.24, 2.45) is 0 Å². The van der Waals surface area contributed by atoms with Crippen molar-refractivity contribution in [1.29, 1.82) is 0 Å². The third kappa shape index (κ3) is 2.64. The van der Waals surface area contributed by atoms with Crippen molar-refractivity contribution in [2.75, 3.05) is 5.73 Å². The molecule has 0 fully saturated rings. The van der Waals surface area contributed by atoms with Gasteiger partial charge in [0.2, 0.25) is 5.89 Å². The molecule has 1 aromatic heterocycles. The molecule has 0 atom stereocenters. The highest BCUT2D eigenvalue weighted by Crippen LogP contribution is 2.27. The van der Waals surface area contributed by atoms with E-state index in [1.165, 1.54) is 6.33 Å². The molecule has 0 radical (unpaired) electrons. The summed E-state index contributed by atoms with van der Waals surface area (Å²) in [6, 6.07) is 5.50. The molecule has 0 saturated carbocycles. The number of rotatable bonds is 3. The number of nitrogens with two attached hydrogens (primary N) is 1. The zero-order valence-electron chi connectivity index (χ0n) is 7.68. The van der Waals surface area contributed by atoms with E-state index in [1.807, 2.05) is 12.1 Å². The summed E-state index contributed by atoms with van der Waals surface area (Å²) in [6.07, 6.45) is 1.38. The SMILES string of the molecule is Nc1ccc(SCc2ncno2)cc1Cl.